The number of methoxy groups -OCH3 is 1. The van der Waals surface area contributed by atoms with Crippen molar-refractivity contribution >= 4 is 29.2 Å². The van der Waals surface area contributed by atoms with Crippen LogP contribution in [0.15, 0.2) is 30.5 Å². The van der Waals surface area contributed by atoms with Gasteiger partial charge in [0.2, 0.25) is 5.91 Å². The third-order valence-electron chi connectivity index (χ3n) is 4.62. The molecule has 6 nitrogen and oxygen atoms in total. The summed E-state index contributed by atoms with van der Waals surface area (Å²) in [5, 5.41) is 11.8. The summed E-state index contributed by atoms with van der Waals surface area (Å²) < 4.78 is 7.13. The number of aromatic nitrogens is 2. The van der Waals surface area contributed by atoms with Crippen LogP contribution in [0.5, 0.6) is 0 Å². The number of rotatable bonds is 6. The molecule has 2 N–H and O–H groups in total. The molecular formula is C17H25ClN4O2. The number of ether oxygens (including phenoxy) is 1. The maximum absolute atomic E-state index is 12.3. The topological polar surface area (TPSA) is 68.2 Å². The molecule has 0 aliphatic carbocycles. The molecule has 7 heteroatoms. The highest BCUT2D eigenvalue weighted by molar-refractivity contribution is 5.85. The number of amides is 1. The van der Waals surface area contributed by atoms with E-state index in [1.807, 2.05) is 24.3 Å². The van der Waals surface area contributed by atoms with Crippen LogP contribution in [-0.2, 0) is 16.1 Å². The molecule has 0 radical (unpaired) electrons. The second-order valence-corrected chi connectivity index (χ2v) is 6.32. The van der Waals surface area contributed by atoms with E-state index in [-0.39, 0.29) is 30.3 Å². The lowest BCUT2D eigenvalue weighted by Crippen LogP contribution is -2.47. The van der Waals surface area contributed by atoms with E-state index in [1.165, 1.54) is 0 Å². The molecule has 24 heavy (non-hydrogen) atoms. The number of nitrogens with zero attached hydrogens (tertiary/aromatic N) is 2. The molecular weight excluding hydrogens is 328 g/mol. The third-order valence-corrected chi connectivity index (χ3v) is 4.62. The van der Waals surface area contributed by atoms with Gasteiger partial charge >= 0.3 is 0 Å². The van der Waals surface area contributed by atoms with Gasteiger partial charge in [-0.05, 0) is 32.0 Å². The summed E-state index contributed by atoms with van der Waals surface area (Å²) in [7, 11) is 1.72. The SMILES string of the molecule is COCC1(CNC(=O)Cn2ncc3ccccc32)CCNCC1.Cl. The fourth-order valence-electron chi connectivity index (χ4n) is 3.27. The van der Waals surface area contributed by atoms with Crippen molar-refractivity contribution in [2.45, 2.75) is 19.4 Å². The first-order chi connectivity index (χ1) is 11.2. The minimum absolute atomic E-state index is 0. The molecule has 0 bridgehead atoms. The molecule has 0 atom stereocenters. The summed E-state index contributed by atoms with van der Waals surface area (Å²) in [4.78, 5) is 12.3. The van der Waals surface area contributed by atoms with Gasteiger partial charge in [-0.2, -0.15) is 5.10 Å². The zero-order chi connectivity index (χ0) is 16.1. The number of benzene rings is 1. The van der Waals surface area contributed by atoms with Gasteiger partial charge in [0.15, 0.2) is 0 Å². The average Bonchev–Trinajstić information content (AvgIpc) is 2.98. The molecule has 0 saturated carbocycles. The van der Waals surface area contributed by atoms with Crippen molar-refractivity contribution in [2.24, 2.45) is 5.41 Å². The van der Waals surface area contributed by atoms with E-state index < -0.39 is 0 Å². The summed E-state index contributed by atoms with van der Waals surface area (Å²) in [6, 6.07) is 7.91. The number of hydrogen-bond acceptors (Lipinski definition) is 4. The van der Waals surface area contributed by atoms with Crippen LogP contribution in [0.25, 0.3) is 10.9 Å². The molecule has 1 aliphatic rings. The third kappa shape index (κ3) is 4.26. The fraction of sp³-hybridized carbons (Fsp3) is 0.529. The molecule has 132 valence electrons. The van der Waals surface area contributed by atoms with E-state index >= 15 is 0 Å². The highest BCUT2D eigenvalue weighted by Crippen LogP contribution is 2.28. The minimum Gasteiger partial charge on any atom is -0.384 e. The van der Waals surface area contributed by atoms with Gasteiger partial charge < -0.3 is 15.4 Å². The molecule has 1 saturated heterocycles. The molecule has 1 amide bonds. The Morgan fingerprint density at radius 3 is 2.88 bits per heavy atom. The monoisotopic (exact) mass is 352 g/mol. The second kappa shape index (κ2) is 8.46. The number of fused-ring (bicyclic) bond motifs is 1. The van der Waals surface area contributed by atoms with Crippen molar-refractivity contribution < 1.29 is 9.53 Å². The predicted octanol–water partition coefficient (Wildman–Crippen LogP) is 1.59. The molecule has 2 aromatic rings. The highest BCUT2D eigenvalue weighted by atomic mass is 35.5. The smallest absolute Gasteiger partial charge is 0.241 e. The normalized spacial score (nSPS) is 16.5. The summed E-state index contributed by atoms with van der Waals surface area (Å²) in [5.41, 5.74) is 1.03. The van der Waals surface area contributed by atoms with Crippen LogP contribution >= 0.6 is 12.4 Å². The first-order valence-corrected chi connectivity index (χ1v) is 8.09. The standard InChI is InChI=1S/C17H24N4O2.ClH/c1-23-13-17(6-8-18-9-7-17)12-19-16(22)11-21-15-5-3-2-4-14(15)10-20-21;/h2-5,10,18H,6-9,11-13H2,1H3,(H,19,22);1H. The Labute approximate surface area is 148 Å². The molecule has 1 aliphatic heterocycles. The van der Waals surface area contributed by atoms with Crippen molar-refractivity contribution in [3.8, 4) is 0 Å². The van der Waals surface area contributed by atoms with Crippen LogP contribution in [0.2, 0.25) is 0 Å². The number of halogens is 1. The quantitative estimate of drug-likeness (QED) is 0.828. The van der Waals surface area contributed by atoms with Crippen LogP contribution in [-0.4, -0.2) is 49.0 Å². The number of para-hydroxylation sites is 1. The summed E-state index contributed by atoms with van der Waals surface area (Å²) >= 11 is 0. The van der Waals surface area contributed by atoms with Gasteiger partial charge in [0.05, 0.1) is 18.3 Å². The lowest BCUT2D eigenvalue weighted by molar-refractivity contribution is -0.122. The van der Waals surface area contributed by atoms with Gasteiger partial charge in [0, 0.05) is 24.5 Å². The summed E-state index contributed by atoms with van der Waals surface area (Å²) in [5.74, 6) is -0.00661. The molecule has 1 fully saturated rings. The Morgan fingerprint density at radius 2 is 2.12 bits per heavy atom. The van der Waals surface area contributed by atoms with E-state index in [4.69, 9.17) is 4.74 Å². The van der Waals surface area contributed by atoms with Crippen LogP contribution in [0.1, 0.15) is 12.8 Å². The van der Waals surface area contributed by atoms with Crippen LogP contribution in [0.4, 0.5) is 0 Å². The predicted molar refractivity (Wildman–Crippen MR) is 96.4 cm³/mol. The lowest BCUT2D eigenvalue weighted by atomic mass is 9.79. The number of hydrogen-bond donors (Lipinski definition) is 2. The van der Waals surface area contributed by atoms with Gasteiger partial charge in [-0.25, -0.2) is 0 Å². The number of carbonyl (C=O) groups is 1. The van der Waals surface area contributed by atoms with Crippen LogP contribution in [0, 0.1) is 5.41 Å². The highest BCUT2D eigenvalue weighted by Gasteiger charge is 2.32. The second-order valence-electron chi connectivity index (χ2n) is 6.32. The fourth-order valence-corrected chi connectivity index (χ4v) is 3.27. The van der Waals surface area contributed by atoms with E-state index in [0.29, 0.717) is 13.2 Å². The summed E-state index contributed by atoms with van der Waals surface area (Å²) in [6.07, 6.45) is 3.83. The molecule has 0 spiro atoms. The average molecular weight is 353 g/mol. The van der Waals surface area contributed by atoms with Crippen molar-refractivity contribution in [2.75, 3.05) is 33.4 Å². The number of piperidine rings is 1. The van der Waals surface area contributed by atoms with Gasteiger partial charge in [-0.3, -0.25) is 9.48 Å². The molecule has 0 unspecified atom stereocenters. The number of carbonyl (C=O) groups excluding carboxylic acids is 1. The zero-order valence-corrected chi connectivity index (χ0v) is 14.8. The number of nitrogens with one attached hydrogen (secondary N) is 2. The maximum atomic E-state index is 12.3. The molecule has 1 aromatic carbocycles. The maximum Gasteiger partial charge on any atom is 0.241 e. The lowest BCUT2D eigenvalue weighted by Gasteiger charge is -2.37. The van der Waals surface area contributed by atoms with E-state index in [0.717, 1.165) is 36.8 Å². The van der Waals surface area contributed by atoms with Crippen molar-refractivity contribution in [3.63, 3.8) is 0 Å². The summed E-state index contributed by atoms with van der Waals surface area (Å²) in [6.45, 7) is 3.53. The van der Waals surface area contributed by atoms with Gasteiger partial charge in [0.25, 0.3) is 0 Å². The Kier molecular flexibility index (Phi) is 6.60. The Hall–Kier alpha value is -1.63. The van der Waals surface area contributed by atoms with Crippen molar-refractivity contribution in [1.82, 2.24) is 20.4 Å². The Bertz CT molecular complexity index is 662. The molecule has 3 rings (SSSR count). The van der Waals surface area contributed by atoms with Crippen molar-refractivity contribution in [3.05, 3.63) is 30.5 Å². The van der Waals surface area contributed by atoms with Crippen molar-refractivity contribution in [1.29, 1.82) is 0 Å². The van der Waals surface area contributed by atoms with E-state index in [2.05, 4.69) is 15.7 Å². The van der Waals surface area contributed by atoms with Crippen LogP contribution in [0.3, 0.4) is 0 Å². The Balaban J connectivity index is 0.00000208. The Morgan fingerprint density at radius 1 is 1.38 bits per heavy atom. The molecule has 2 heterocycles. The van der Waals surface area contributed by atoms with Gasteiger partial charge in [0.1, 0.15) is 6.54 Å². The van der Waals surface area contributed by atoms with Gasteiger partial charge in [-0.1, -0.05) is 18.2 Å². The first-order valence-electron chi connectivity index (χ1n) is 8.09. The van der Waals surface area contributed by atoms with Gasteiger partial charge in [-0.15, -0.1) is 12.4 Å². The first kappa shape index (κ1) is 18.7. The largest absolute Gasteiger partial charge is 0.384 e. The van der Waals surface area contributed by atoms with Crippen LogP contribution < -0.4 is 10.6 Å². The van der Waals surface area contributed by atoms with E-state index in [1.54, 1.807) is 18.0 Å². The van der Waals surface area contributed by atoms with E-state index in [9.17, 15) is 4.79 Å². The zero-order valence-electron chi connectivity index (χ0n) is 14.0. The molecule has 1 aromatic heterocycles. The minimum atomic E-state index is -0.00661.